The molecule has 0 aliphatic carbocycles. The van der Waals surface area contributed by atoms with Crippen molar-refractivity contribution >= 4 is 0 Å². The number of para-hydroxylation sites is 1. The summed E-state index contributed by atoms with van der Waals surface area (Å²) in [5.74, 6) is 0. The minimum absolute atomic E-state index is 0.0583. The van der Waals surface area contributed by atoms with E-state index < -0.39 is 11.2 Å². The smallest absolute Gasteiger partial charge is 0.266 e. The molecule has 0 spiro atoms. The molecule has 1 heterocycles. The molecule has 0 bridgehead atoms. The third-order valence-corrected chi connectivity index (χ3v) is 3.56. The van der Waals surface area contributed by atoms with Crippen molar-refractivity contribution in [2.75, 3.05) is 0 Å². The summed E-state index contributed by atoms with van der Waals surface area (Å²) in [4.78, 5) is 25.1. The van der Waals surface area contributed by atoms with E-state index in [-0.39, 0.29) is 12.2 Å². The standard InChI is InChI=1S/C18H11N5O2/c19-10-13-5-4-6-14(9-13)12-22-17(24)16(11-20)21-23(18(22)25)15-7-2-1-3-8-15/h1-9H,12H2. The molecule has 0 aliphatic rings. The van der Waals surface area contributed by atoms with Gasteiger partial charge in [-0.05, 0) is 29.8 Å². The van der Waals surface area contributed by atoms with E-state index in [1.54, 1.807) is 60.7 Å². The maximum atomic E-state index is 12.7. The summed E-state index contributed by atoms with van der Waals surface area (Å²) < 4.78 is 1.96. The van der Waals surface area contributed by atoms with Gasteiger partial charge in [-0.15, -0.1) is 5.10 Å². The Morgan fingerprint density at radius 1 is 0.960 bits per heavy atom. The zero-order chi connectivity index (χ0) is 17.8. The summed E-state index contributed by atoms with van der Waals surface area (Å²) in [6.45, 7) is -0.0583. The molecule has 0 amide bonds. The Morgan fingerprint density at radius 3 is 2.40 bits per heavy atom. The average molecular weight is 329 g/mol. The van der Waals surface area contributed by atoms with Gasteiger partial charge in [0.25, 0.3) is 5.56 Å². The Hall–Kier alpha value is -3.97. The van der Waals surface area contributed by atoms with Crippen LogP contribution in [0.2, 0.25) is 0 Å². The Kier molecular flexibility index (Phi) is 4.23. The zero-order valence-corrected chi connectivity index (χ0v) is 13.0. The van der Waals surface area contributed by atoms with Gasteiger partial charge in [-0.25, -0.2) is 4.79 Å². The van der Waals surface area contributed by atoms with E-state index in [4.69, 9.17) is 10.5 Å². The highest BCUT2D eigenvalue weighted by molar-refractivity contribution is 5.33. The maximum absolute atomic E-state index is 12.7. The molecule has 0 fully saturated rings. The van der Waals surface area contributed by atoms with E-state index in [0.717, 1.165) is 9.25 Å². The SMILES string of the molecule is N#Cc1cccc(Cn2c(=O)c(C#N)nn(-c3ccccc3)c2=O)c1. The minimum Gasteiger partial charge on any atom is -0.266 e. The first kappa shape index (κ1) is 15.9. The van der Waals surface area contributed by atoms with Gasteiger partial charge in [-0.3, -0.25) is 9.36 Å². The molecule has 25 heavy (non-hydrogen) atoms. The molecule has 7 heteroatoms. The second-order valence-corrected chi connectivity index (χ2v) is 5.19. The normalized spacial score (nSPS) is 10.0. The third kappa shape index (κ3) is 3.07. The van der Waals surface area contributed by atoms with E-state index in [1.807, 2.05) is 6.07 Å². The first-order valence-electron chi connectivity index (χ1n) is 7.33. The quantitative estimate of drug-likeness (QED) is 0.717. The van der Waals surface area contributed by atoms with Crippen LogP contribution in [0.1, 0.15) is 16.8 Å². The molecule has 0 atom stereocenters. The van der Waals surface area contributed by atoms with Crippen molar-refractivity contribution in [2.45, 2.75) is 6.54 Å². The predicted octanol–water partition coefficient (Wildman–Crippen LogP) is 1.19. The number of nitriles is 2. The summed E-state index contributed by atoms with van der Waals surface area (Å²) >= 11 is 0. The molecule has 7 nitrogen and oxygen atoms in total. The third-order valence-electron chi connectivity index (χ3n) is 3.56. The van der Waals surface area contributed by atoms with Crippen LogP contribution >= 0.6 is 0 Å². The Bertz CT molecular complexity index is 1130. The lowest BCUT2D eigenvalue weighted by Crippen LogP contribution is -2.42. The van der Waals surface area contributed by atoms with Crippen molar-refractivity contribution in [3.8, 4) is 17.8 Å². The monoisotopic (exact) mass is 329 g/mol. The van der Waals surface area contributed by atoms with Gasteiger partial charge in [0, 0.05) is 0 Å². The van der Waals surface area contributed by atoms with Crippen LogP contribution in [-0.4, -0.2) is 14.3 Å². The van der Waals surface area contributed by atoms with Crippen LogP contribution in [0, 0.1) is 22.7 Å². The van der Waals surface area contributed by atoms with Crippen molar-refractivity contribution in [1.82, 2.24) is 14.3 Å². The summed E-state index contributed by atoms with van der Waals surface area (Å²) in [5.41, 5.74) is -0.320. The summed E-state index contributed by atoms with van der Waals surface area (Å²) in [7, 11) is 0. The number of rotatable bonds is 3. The second kappa shape index (κ2) is 6.65. The molecule has 3 aromatic rings. The number of aromatic nitrogens is 3. The molecule has 0 saturated carbocycles. The molecule has 0 N–H and O–H groups in total. The Labute approximate surface area is 142 Å². The highest BCUT2D eigenvalue weighted by Crippen LogP contribution is 2.06. The molecule has 0 radical (unpaired) electrons. The molecule has 0 saturated heterocycles. The Morgan fingerprint density at radius 2 is 1.72 bits per heavy atom. The zero-order valence-electron chi connectivity index (χ0n) is 13.0. The largest absolute Gasteiger partial charge is 0.352 e. The predicted molar refractivity (Wildman–Crippen MR) is 89.1 cm³/mol. The lowest BCUT2D eigenvalue weighted by atomic mass is 10.1. The fourth-order valence-electron chi connectivity index (χ4n) is 2.38. The van der Waals surface area contributed by atoms with Crippen molar-refractivity contribution in [1.29, 1.82) is 10.5 Å². The number of benzene rings is 2. The maximum Gasteiger partial charge on any atom is 0.352 e. The molecule has 0 aliphatic heterocycles. The van der Waals surface area contributed by atoms with Crippen molar-refractivity contribution in [2.24, 2.45) is 0 Å². The molecule has 2 aromatic carbocycles. The topological polar surface area (TPSA) is 104 Å². The lowest BCUT2D eigenvalue weighted by Gasteiger charge is -2.10. The van der Waals surface area contributed by atoms with Crippen LogP contribution in [0.5, 0.6) is 0 Å². The summed E-state index contributed by atoms with van der Waals surface area (Å²) in [6, 6.07) is 18.8. The van der Waals surface area contributed by atoms with E-state index >= 15 is 0 Å². The minimum atomic E-state index is -0.762. The second-order valence-electron chi connectivity index (χ2n) is 5.19. The van der Waals surface area contributed by atoms with Crippen LogP contribution in [0.4, 0.5) is 0 Å². The number of hydrogen-bond acceptors (Lipinski definition) is 5. The van der Waals surface area contributed by atoms with Crippen LogP contribution in [0.15, 0.2) is 64.2 Å². The number of hydrogen-bond donors (Lipinski definition) is 0. The highest BCUT2D eigenvalue weighted by Gasteiger charge is 2.14. The van der Waals surface area contributed by atoms with Crippen LogP contribution in [0.25, 0.3) is 5.69 Å². The highest BCUT2D eigenvalue weighted by atomic mass is 16.2. The van der Waals surface area contributed by atoms with Crippen LogP contribution in [0.3, 0.4) is 0 Å². The summed E-state index contributed by atoms with van der Waals surface area (Å²) in [6.07, 6.45) is 0. The van der Waals surface area contributed by atoms with Crippen molar-refractivity contribution in [3.05, 3.63) is 92.3 Å². The molecular weight excluding hydrogens is 318 g/mol. The fraction of sp³-hybridized carbons (Fsp3) is 0.0556. The van der Waals surface area contributed by atoms with Crippen molar-refractivity contribution < 1.29 is 0 Å². The van der Waals surface area contributed by atoms with Gasteiger partial charge in [0.2, 0.25) is 5.69 Å². The Balaban J connectivity index is 2.19. The average Bonchev–Trinajstić information content (AvgIpc) is 2.66. The van der Waals surface area contributed by atoms with Crippen LogP contribution < -0.4 is 11.2 Å². The van der Waals surface area contributed by atoms with Gasteiger partial charge in [-0.2, -0.15) is 15.2 Å². The summed E-state index contributed by atoms with van der Waals surface area (Å²) in [5, 5.41) is 22.0. The van der Waals surface area contributed by atoms with E-state index in [9.17, 15) is 9.59 Å². The van der Waals surface area contributed by atoms with Gasteiger partial charge in [0.1, 0.15) is 6.07 Å². The molecule has 120 valence electrons. The van der Waals surface area contributed by atoms with Gasteiger partial charge in [-0.1, -0.05) is 30.3 Å². The van der Waals surface area contributed by atoms with Gasteiger partial charge in [0.05, 0.1) is 23.9 Å². The first-order valence-corrected chi connectivity index (χ1v) is 7.33. The fourth-order valence-corrected chi connectivity index (χ4v) is 2.38. The van der Waals surface area contributed by atoms with Crippen molar-refractivity contribution in [3.63, 3.8) is 0 Å². The first-order chi connectivity index (χ1) is 12.1. The van der Waals surface area contributed by atoms with Gasteiger partial charge < -0.3 is 0 Å². The van der Waals surface area contributed by atoms with E-state index in [1.165, 1.54) is 0 Å². The molecule has 3 rings (SSSR count). The van der Waals surface area contributed by atoms with Gasteiger partial charge >= 0.3 is 5.69 Å². The molecular formula is C18H11N5O2. The van der Waals surface area contributed by atoms with Crippen LogP contribution in [-0.2, 0) is 6.54 Å². The lowest BCUT2D eigenvalue weighted by molar-refractivity contribution is 0.611. The number of nitrogens with zero attached hydrogens (tertiary/aromatic N) is 5. The molecule has 1 aromatic heterocycles. The van der Waals surface area contributed by atoms with E-state index in [0.29, 0.717) is 16.8 Å². The van der Waals surface area contributed by atoms with E-state index in [2.05, 4.69) is 5.10 Å². The molecule has 0 unspecified atom stereocenters. The van der Waals surface area contributed by atoms with Gasteiger partial charge in [0.15, 0.2) is 0 Å².